The van der Waals surface area contributed by atoms with E-state index in [-0.39, 0.29) is 42.8 Å². The van der Waals surface area contributed by atoms with Gasteiger partial charge in [-0.2, -0.15) is 0 Å². The molecule has 2 N–H and O–H groups in total. The summed E-state index contributed by atoms with van der Waals surface area (Å²) in [5.41, 5.74) is 0. The second kappa shape index (κ2) is 12.4. The van der Waals surface area contributed by atoms with Gasteiger partial charge < -0.3 is 20.1 Å². The normalized spacial score (nSPS) is 28.9. The van der Waals surface area contributed by atoms with Crippen LogP contribution in [0.3, 0.4) is 0 Å². The van der Waals surface area contributed by atoms with E-state index >= 15 is 0 Å². The van der Waals surface area contributed by atoms with Crippen LogP contribution >= 0.6 is 0 Å². The Kier molecular flexibility index (Phi) is 10.2. The first kappa shape index (κ1) is 26.4. The van der Waals surface area contributed by atoms with Crippen LogP contribution in [0.25, 0.3) is 0 Å². The number of unbranched alkanes of at least 4 members (excludes halogenated alkanes) is 1. The molecule has 2 rings (SSSR count). The van der Waals surface area contributed by atoms with Crippen LogP contribution in [0.2, 0.25) is 0 Å². The maximum absolute atomic E-state index is 13.9. The quantitative estimate of drug-likeness (QED) is 0.271. The lowest BCUT2D eigenvalue weighted by atomic mass is 9.69. The van der Waals surface area contributed by atoms with Crippen molar-refractivity contribution in [3.63, 3.8) is 0 Å². The first-order valence-electron chi connectivity index (χ1n) is 12.4. The molecule has 7 atom stereocenters. The average Bonchev–Trinajstić information content (AvgIpc) is 3.07. The minimum Gasteiger partial charge on any atom is -0.466 e. The summed E-state index contributed by atoms with van der Waals surface area (Å²) in [5, 5.41) is 13.2. The number of hydrogen-bond acceptors (Lipinski definition) is 5. The van der Waals surface area contributed by atoms with Gasteiger partial charge in [-0.15, -0.1) is 0 Å². The van der Waals surface area contributed by atoms with Crippen LogP contribution in [-0.4, -0.2) is 59.6 Å². The third-order valence-electron chi connectivity index (χ3n) is 7.17. The van der Waals surface area contributed by atoms with Crippen molar-refractivity contribution in [3.05, 3.63) is 12.2 Å². The molecule has 1 heterocycles. The van der Waals surface area contributed by atoms with Crippen LogP contribution in [0.5, 0.6) is 0 Å². The molecule has 1 aliphatic heterocycles. The van der Waals surface area contributed by atoms with Gasteiger partial charge in [0.2, 0.25) is 11.8 Å². The van der Waals surface area contributed by atoms with Crippen molar-refractivity contribution in [1.29, 1.82) is 0 Å². The van der Waals surface area contributed by atoms with Crippen molar-refractivity contribution < 1.29 is 24.2 Å². The van der Waals surface area contributed by atoms with Gasteiger partial charge in [-0.3, -0.25) is 14.4 Å². The predicted octanol–water partition coefficient (Wildman–Crippen LogP) is 2.92. The summed E-state index contributed by atoms with van der Waals surface area (Å²) in [4.78, 5) is 41.8. The third-order valence-corrected chi connectivity index (χ3v) is 7.17. The number of nitrogens with zero attached hydrogens (tertiary/aromatic N) is 1. The van der Waals surface area contributed by atoms with Gasteiger partial charge in [-0.05, 0) is 31.6 Å². The van der Waals surface area contributed by atoms with E-state index < -0.39 is 29.8 Å². The minimum atomic E-state index is -0.730. The number of carbonyl (C=O) groups excluding carboxylic acids is 3. The van der Waals surface area contributed by atoms with Gasteiger partial charge >= 0.3 is 5.97 Å². The van der Waals surface area contributed by atoms with Crippen LogP contribution in [0.1, 0.15) is 66.7 Å². The van der Waals surface area contributed by atoms with Gasteiger partial charge in [-0.25, -0.2) is 0 Å². The van der Waals surface area contributed by atoms with E-state index in [0.717, 1.165) is 32.1 Å². The van der Waals surface area contributed by atoms with Crippen molar-refractivity contribution in [3.8, 4) is 0 Å². The number of hydrogen-bond donors (Lipinski definition) is 2. The number of rotatable bonds is 12. The topological polar surface area (TPSA) is 95.9 Å². The molecule has 1 saturated heterocycles. The Morgan fingerprint density at radius 1 is 1.19 bits per heavy atom. The van der Waals surface area contributed by atoms with Crippen molar-refractivity contribution in [2.45, 2.75) is 78.8 Å². The molecule has 0 saturated carbocycles. The second-order valence-corrected chi connectivity index (χ2v) is 9.19. The van der Waals surface area contributed by atoms with Crippen molar-refractivity contribution in [2.75, 3.05) is 19.8 Å². The number of carbonyl (C=O) groups is 3. The van der Waals surface area contributed by atoms with E-state index in [1.807, 2.05) is 26.0 Å². The Balaban J connectivity index is 2.51. The molecular formula is C25H42N2O5. The molecule has 0 aromatic carbocycles. The number of ether oxygens (including phenoxy) is 1. The summed E-state index contributed by atoms with van der Waals surface area (Å²) in [5.74, 6) is -2.52. The maximum atomic E-state index is 13.9. The Morgan fingerprint density at radius 2 is 1.91 bits per heavy atom. The predicted molar refractivity (Wildman–Crippen MR) is 124 cm³/mol. The summed E-state index contributed by atoms with van der Waals surface area (Å²) in [7, 11) is 0. The van der Waals surface area contributed by atoms with Gasteiger partial charge in [-0.1, -0.05) is 59.1 Å². The van der Waals surface area contributed by atoms with Crippen LogP contribution in [-0.2, 0) is 19.1 Å². The molecule has 2 aliphatic rings. The van der Waals surface area contributed by atoms with E-state index in [2.05, 4.69) is 19.2 Å². The van der Waals surface area contributed by atoms with E-state index in [4.69, 9.17) is 4.74 Å². The van der Waals surface area contributed by atoms with E-state index in [1.54, 1.807) is 11.8 Å². The van der Waals surface area contributed by atoms with Crippen molar-refractivity contribution in [2.24, 2.45) is 29.6 Å². The molecule has 0 aromatic rings. The highest BCUT2D eigenvalue weighted by atomic mass is 16.5. The number of esters is 1. The smallest absolute Gasteiger partial charge is 0.310 e. The molecule has 0 unspecified atom stereocenters. The molecule has 1 aliphatic carbocycles. The highest BCUT2D eigenvalue weighted by Crippen LogP contribution is 2.46. The highest BCUT2D eigenvalue weighted by Gasteiger charge is 2.59. The van der Waals surface area contributed by atoms with Crippen LogP contribution in [0.4, 0.5) is 0 Å². The average molecular weight is 451 g/mol. The van der Waals surface area contributed by atoms with Crippen LogP contribution < -0.4 is 5.32 Å². The van der Waals surface area contributed by atoms with E-state index in [1.165, 1.54) is 0 Å². The first-order chi connectivity index (χ1) is 15.4. The zero-order valence-corrected chi connectivity index (χ0v) is 20.4. The summed E-state index contributed by atoms with van der Waals surface area (Å²) in [6.07, 6.45) is 8.21. The number of aliphatic hydroxyl groups is 1. The van der Waals surface area contributed by atoms with Crippen molar-refractivity contribution >= 4 is 17.8 Å². The van der Waals surface area contributed by atoms with Gasteiger partial charge in [0, 0.05) is 12.5 Å². The largest absolute Gasteiger partial charge is 0.466 e. The molecule has 0 aromatic heterocycles. The molecule has 32 heavy (non-hydrogen) atoms. The standard InChI is InChI=1S/C25H42N2O5/c1-6-10-14-26-23(29)22-18-13-12-17(11-7-2)20(25(31)32-9-4)21(18)24(30)27(22)19(15-28)16(5)8-3/h12-13,16-22,28H,6-11,14-15H2,1-5H3,(H,26,29)/t16-,17+,18-,19-,20+,21+,22-/m0/s1. The lowest BCUT2D eigenvalue weighted by Gasteiger charge is -2.36. The third kappa shape index (κ3) is 5.36. The molecule has 1 fully saturated rings. The number of amides is 2. The molecule has 7 heteroatoms. The van der Waals surface area contributed by atoms with Crippen molar-refractivity contribution in [1.82, 2.24) is 10.2 Å². The molecule has 182 valence electrons. The van der Waals surface area contributed by atoms with E-state index in [9.17, 15) is 19.5 Å². The zero-order chi connectivity index (χ0) is 23.8. The second-order valence-electron chi connectivity index (χ2n) is 9.19. The van der Waals surface area contributed by atoms with Gasteiger partial charge in [0.1, 0.15) is 6.04 Å². The first-order valence-corrected chi connectivity index (χ1v) is 12.4. The number of likely N-dealkylation sites (tertiary alicyclic amines) is 1. The molecular weight excluding hydrogens is 408 g/mol. The van der Waals surface area contributed by atoms with Crippen LogP contribution in [0.15, 0.2) is 12.2 Å². The zero-order valence-electron chi connectivity index (χ0n) is 20.4. The lowest BCUT2D eigenvalue weighted by Crippen LogP contribution is -2.54. The maximum Gasteiger partial charge on any atom is 0.310 e. The summed E-state index contributed by atoms with van der Waals surface area (Å²) < 4.78 is 5.39. The van der Waals surface area contributed by atoms with Gasteiger partial charge in [0.25, 0.3) is 0 Å². The fourth-order valence-corrected chi connectivity index (χ4v) is 5.28. The molecule has 7 nitrogen and oxygen atoms in total. The summed E-state index contributed by atoms with van der Waals surface area (Å²) in [6, 6.07) is -1.20. The molecule has 0 radical (unpaired) electrons. The number of nitrogens with one attached hydrogen (secondary N) is 1. The van der Waals surface area contributed by atoms with Gasteiger partial charge in [0.15, 0.2) is 0 Å². The minimum absolute atomic E-state index is 0.0199. The number of allylic oxidation sites excluding steroid dienone is 1. The lowest BCUT2D eigenvalue weighted by molar-refractivity contribution is -0.156. The Hall–Kier alpha value is -1.89. The number of fused-ring (bicyclic) bond motifs is 1. The Morgan fingerprint density at radius 3 is 2.47 bits per heavy atom. The fourth-order valence-electron chi connectivity index (χ4n) is 5.28. The Bertz CT molecular complexity index is 679. The van der Waals surface area contributed by atoms with E-state index in [0.29, 0.717) is 6.54 Å². The SMILES string of the molecule is CCCCNC(=O)[C@@H]1[C@H]2C=C[C@@H](CCC)[C@@H](C(=O)OCC)[C@@H]2C(=O)N1[C@@H](CO)[C@@H](C)CC. The monoisotopic (exact) mass is 450 g/mol. The fraction of sp³-hybridized carbons (Fsp3) is 0.800. The number of aliphatic hydroxyl groups excluding tert-OH is 1. The van der Waals surface area contributed by atoms with Crippen LogP contribution in [0, 0.1) is 29.6 Å². The Labute approximate surface area is 192 Å². The highest BCUT2D eigenvalue weighted by molar-refractivity contribution is 5.96. The molecule has 0 bridgehead atoms. The summed E-state index contributed by atoms with van der Waals surface area (Å²) in [6.45, 7) is 10.4. The molecule has 0 spiro atoms. The van der Waals surface area contributed by atoms with Gasteiger partial charge in [0.05, 0.1) is 31.1 Å². The summed E-state index contributed by atoms with van der Waals surface area (Å²) >= 11 is 0. The molecule has 2 amide bonds.